The van der Waals surface area contributed by atoms with Gasteiger partial charge in [-0.05, 0) is 20.3 Å². The Hall–Kier alpha value is -1.89. The molecule has 1 unspecified atom stereocenters. The molecule has 0 saturated carbocycles. The maximum atomic E-state index is 12.8. The van der Waals surface area contributed by atoms with Crippen LogP contribution in [-0.4, -0.2) is 65.5 Å². The van der Waals surface area contributed by atoms with Crippen molar-refractivity contribution in [3.63, 3.8) is 0 Å². The van der Waals surface area contributed by atoms with Gasteiger partial charge in [0.15, 0.2) is 5.76 Å². The zero-order valence-electron chi connectivity index (χ0n) is 16.0. The molecule has 1 aromatic rings. The monoisotopic (exact) mass is 350 g/mol. The molecule has 1 fully saturated rings. The average molecular weight is 350 g/mol. The standard InChI is InChI=1S/C18H30N4O3/c1-6-13(4)19-15(23)11-21-7-9-22(10-8-21)18(24)16-14(5)20-25-17(16)12(2)3/h12-13H,6-11H2,1-5H3,(H,19,23). The minimum Gasteiger partial charge on any atom is -0.360 e. The van der Waals surface area contributed by atoms with Crippen LogP contribution in [0.5, 0.6) is 0 Å². The number of hydrogen-bond acceptors (Lipinski definition) is 5. The van der Waals surface area contributed by atoms with Crippen molar-refractivity contribution >= 4 is 11.8 Å². The van der Waals surface area contributed by atoms with E-state index < -0.39 is 0 Å². The van der Waals surface area contributed by atoms with E-state index in [-0.39, 0.29) is 23.8 Å². The third kappa shape index (κ3) is 4.81. The van der Waals surface area contributed by atoms with Crippen molar-refractivity contribution in [3.8, 4) is 0 Å². The Morgan fingerprint density at radius 2 is 1.84 bits per heavy atom. The van der Waals surface area contributed by atoms with Crippen molar-refractivity contribution in [1.29, 1.82) is 0 Å². The Balaban J connectivity index is 1.91. The Morgan fingerprint density at radius 1 is 1.20 bits per heavy atom. The van der Waals surface area contributed by atoms with E-state index in [0.717, 1.165) is 6.42 Å². The zero-order valence-corrected chi connectivity index (χ0v) is 16.0. The lowest BCUT2D eigenvalue weighted by Gasteiger charge is -2.34. The summed E-state index contributed by atoms with van der Waals surface area (Å²) < 4.78 is 5.33. The van der Waals surface area contributed by atoms with Gasteiger partial charge in [-0.15, -0.1) is 0 Å². The van der Waals surface area contributed by atoms with Gasteiger partial charge in [0, 0.05) is 38.1 Å². The number of hydrogen-bond donors (Lipinski definition) is 1. The maximum absolute atomic E-state index is 12.8. The van der Waals surface area contributed by atoms with Gasteiger partial charge in [-0.1, -0.05) is 25.9 Å². The van der Waals surface area contributed by atoms with Gasteiger partial charge in [-0.3, -0.25) is 14.5 Å². The van der Waals surface area contributed by atoms with E-state index >= 15 is 0 Å². The molecule has 0 aromatic carbocycles. The number of piperazine rings is 1. The predicted molar refractivity (Wildman–Crippen MR) is 95.6 cm³/mol. The molecule has 25 heavy (non-hydrogen) atoms. The average Bonchev–Trinajstić information content (AvgIpc) is 2.96. The first-order valence-corrected chi connectivity index (χ1v) is 9.10. The van der Waals surface area contributed by atoms with Crippen LogP contribution in [0.15, 0.2) is 4.52 Å². The molecule has 7 nitrogen and oxygen atoms in total. The lowest BCUT2D eigenvalue weighted by Crippen LogP contribution is -2.51. The number of carbonyl (C=O) groups is 2. The van der Waals surface area contributed by atoms with Crippen LogP contribution in [0.2, 0.25) is 0 Å². The Bertz CT molecular complexity index is 603. The second-order valence-electron chi connectivity index (χ2n) is 7.11. The van der Waals surface area contributed by atoms with E-state index in [0.29, 0.717) is 49.7 Å². The predicted octanol–water partition coefficient (Wildman–Crippen LogP) is 1.78. The number of carbonyl (C=O) groups excluding carboxylic acids is 2. The molecule has 7 heteroatoms. The SMILES string of the molecule is CCC(C)NC(=O)CN1CCN(C(=O)c2c(C)noc2C(C)C)CC1. The molecule has 0 aliphatic carbocycles. The van der Waals surface area contributed by atoms with Crippen LogP contribution in [0.3, 0.4) is 0 Å². The van der Waals surface area contributed by atoms with Crippen molar-refractivity contribution in [3.05, 3.63) is 17.0 Å². The molecule has 2 amide bonds. The van der Waals surface area contributed by atoms with E-state index in [1.807, 2.05) is 32.6 Å². The molecule has 0 spiro atoms. The topological polar surface area (TPSA) is 78.7 Å². The van der Waals surface area contributed by atoms with Gasteiger partial charge in [-0.2, -0.15) is 0 Å². The minimum atomic E-state index is -0.0221. The first-order valence-electron chi connectivity index (χ1n) is 9.10. The fraction of sp³-hybridized carbons (Fsp3) is 0.722. The summed E-state index contributed by atoms with van der Waals surface area (Å²) in [6, 6.07) is 0.196. The summed E-state index contributed by atoms with van der Waals surface area (Å²) >= 11 is 0. The van der Waals surface area contributed by atoms with Crippen LogP contribution >= 0.6 is 0 Å². The number of amides is 2. The Labute approximate surface area is 149 Å². The molecule has 0 bridgehead atoms. The molecule has 1 aliphatic heterocycles. The van der Waals surface area contributed by atoms with Crippen LogP contribution < -0.4 is 5.32 Å². The van der Waals surface area contributed by atoms with E-state index in [4.69, 9.17) is 4.52 Å². The molecule has 140 valence electrons. The fourth-order valence-electron chi connectivity index (χ4n) is 2.93. The van der Waals surface area contributed by atoms with Crippen molar-refractivity contribution in [2.75, 3.05) is 32.7 Å². The summed E-state index contributed by atoms with van der Waals surface area (Å²) in [4.78, 5) is 28.8. The molecule has 2 rings (SSSR count). The molecule has 1 aliphatic rings. The van der Waals surface area contributed by atoms with Crippen molar-refractivity contribution in [1.82, 2.24) is 20.3 Å². The van der Waals surface area contributed by atoms with E-state index in [1.54, 1.807) is 6.92 Å². The van der Waals surface area contributed by atoms with Crippen LogP contribution in [0.25, 0.3) is 0 Å². The highest BCUT2D eigenvalue weighted by molar-refractivity contribution is 5.96. The van der Waals surface area contributed by atoms with Crippen molar-refractivity contribution in [2.45, 2.75) is 53.0 Å². The van der Waals surface area contributed by atoms with E-state index in [2.05, 4.69) is 15.4 Å². The molecule has 1 N–H and O–H groups in total. The molecular weight excluding hydrogens is 320 g/mol. The Kier molecular flexibility index (Phi) is 6.58. The molecule has 1 saturated heterocycles. The quantitative estimate of drug-likeness (QED) is 0.846. The van der Waals surface area contributed by atoms with Gasteiger partial charge in [0.1, 0.15) is 5.56 Å². The van der Waals surface area contributed by atoms with Gasteiger partial charge < -0.3 is 14.7 Å². The number of nitrogens with zero attached hydrogens (tertiary/aromatic N) is 3. The number of aryl methyl sites for hydroxylation is 1. The summed E-state index contributed by atoms with van der Waals surface area (Å²) in [5, 5.41) is 6.94. The van der Waals surface area contributed by atoms with Crippen LogP contribution in [-0.2, 0) is 4.79 Å². The van der Waals surface area contributed by atoms with Crippen LogP contribution in [0.4, 0.5) is 0 Å². The van der Waals surface area contributed by atoms with Gasteiger partial charge in [0.25, 0.3) is 5.91 Å². The normalized spacial score (nSPS) is 17.0. The largest absolute Gasteiger partial charge is 0.360 e. The summed E-state index contributed by atoms with van der Waals surface area (Å²) in [6.45, 7) is 12.8. The fourth-order valence-corrected chi connectivity index (χ4v) is 2.93. The number of rotatable bonds is 6. The molecule has 0 radical (unpaired) electrons. The third-order valence-electron chi connectivity index (χ3n) is 4.67. The van der Waals surface area contributed by atoms with Crippen LogP contribution in [0.1, 0.15) is 61.8 Å². The molecule has 1 aromatic heterocycles. The first-order chi connectivity index (χ1) is 11.8. The van der Waals surface area contributed by atoms with E-state index in [1.165, 1.54) is 0 Å². The van der Waals surface area contributed by atoms with Crippen molar-refractivity contribution in [2.24, 2.45) is 0 Å². The summed E-state index contributed by atoms with van der Waals surface area (Å²) in [5.41, 5.74) is 1.24. The van der Waals surface area contributed by atoms with Gasteiger partial charge >= 0.3 is 0 Å². The van der Waals surface area contributed by atoms with Gasteiger partial charge in [0.2, 0.25) is 5.91 Å². The highest BCUT2D eigenvalue weighted by Crippen LogP contribution is 2.24. The molecular formula is C18H30N4O3. The molecule has 2 heterocycles. The lowest BCUT2D eigenvalue weighted by molar-refractivity contribution is -0.123. The van der Waals surface area contributed by atoms with Gasteiger partial charge in [-0.25, -0.2) is 0 Å². The Morgan fingerprint density at radius 3 is 2.40 bits per heavy atom. The zero-order chi connectivity index (χ0) is 18.6. The maximum Gasteiger partial charge on any atom is 0.259 e. The number of nitrogens with one attached hydrogen (secondary N) is 1. The highest BCUT2D eigenvalue weighted by atomic mass is 16.5. The smallest absolute Gasteiger partial charge is 0.259 e. The highest BCUT2D eigenvalue weighted by Gasteiger charge is 2.29. The van der Waals surface area contributed by atoms with Crippen molar-refractivity contribution < 1.29 is 14.1 Å². The first kappa shape index (κ1) is 19.4. The number of aromatic nitrogens is 1. The minimum absolute atomic E-state index is 0.0221. The van der Waals surface area contributed by atoms with E-state index in [9.17, 15) is 9.59 Å². The van der Waals surface area contributed by atoms with Gasteiger partial charge in [0.05, 0.1) is 12.2 Å². The summed E-state index contributed by atoms with van der Waals surface area (Å²) in [7, 11) is 0. The third-order valence-corrected chi connectivity index (χ3v) is 4.67. The summed E-state index contributed by atoms with van der Waals surface area (Å²) in [5.74, 6) is 0.792. The lowest BCUT2D eigenvalue weighted by atomic mass is 10.0. The van der Waals surface area contributed by atoms with Crippen LogP contribution in [0, 0.1) is 6.92 Å². The second-order valence-corrected chi connectivity index (χ2v) is 7.11. The summed E-state index contributed by atoms with van der Waals surface area (Å²) in [6.07, 6.45) is 0.921. The molecule has 1 atom stereocenters. The second kappa shape index (κ2) is 8.47.